The maximum absolute atomic E-state index is 12.6. The number of H-pyrrole nitrogens is 1. The van der Waals surface area contributed by atoms with Gasteiger partial charge in [-0.2, -0.15) is 9.97 Å². The summed E-state index contributed by atoms with van der Waals surface area (Å²) in [5.74, 6) is -0.527. The highest BCUT2D eigenvalue weighted by atomic mass is 32.2. The van der Waals surface area contributed by atoms with Crippen LogP contribution in [-0.4, -0.2) is 55.9 Å². The second kappa shape index (κ2) is 8.39. The Morgan fingerprint density at radius 3 is 2.54 bits per heavy atom. The summed E-state index contributed by atoms with van der Waals surface area (Å²) in [7, 11) is -1.41. The number of rotatable bonds is 9. The van der Waals surface area contributed by atoms with Crippen molar-refractivity contribution in [3.63, 3.8) is 0 Å². The van der Waals surface area contributed by atoms with Crippen LogP contribution < -0.4 is 18.9 Å². The fourth-order valence-electron chi connectivity index (χ4n) is 2.20. The quantitative estimate of drug-likeness (QED) is 0.529. The van der Waals surface area contributed by atoms with E-state index in [2.05, 4.69) is 24.7 Å². The minimum atomic E-state index is -4.01. The van der Waals surface area contributed by atoms with Crippen LogP contribution in [0.3, 0.4) is 0 Å². The van der Waals surface area contributed by atoms with Gasteiger partial charge in [0.15, 0.2) is 0 Å². The van der Waals surface area contributed by atoms with Crippen molar-refractivity contribution in [2.45, 2.75) is 4.90 Å². The van der Waals surface area contributed by atoms with Crippen LogP contribution in [0, 0.1) is 0 Å². The molecule has 0 unspecified atom stereocenters. The minimum Gasteiger partial charge on any atom is -0.481 e. The number of nitrogens with zero attached hydrogens (tertiary/aromatic N) is 3. The zero-order chi connectivity index (χ0) is 20.1. The average Bonchev–Trinajstić information content (AvgIpc) is 3.37. The SMILES string of the molecule is COc1nc(NS(=O)(=O)c2c[nH]c(-c3cscn3)c2)nc(OC)c1OCCF. The summed E-state index contributed by atoms with van der Waals surface area (Å²) < 4.78 is 55.3. The molecular weight excluding hydrogens is 413 g/mol. The van der Waals surface area contributed by atoms with Crippen molar-refractivity contribution < 1.29 is 27.0 Å². The van der Waals surface area contributed by atoms with Crippen molar-refractivity contribution in [2.24, 2.45) is 0 Å². The second-order valence-corrected chi connectivity index (χ2v) is 7.56. The Morgan fingerprint density at radius 1 is 1.25 bits per heavy atom. The highest BCUT2D eigenvalue weighted by molar-refractivity contribution is 7.92. The number of aromatic amines is 1. The first-order valence-corrected chi connectivity index (χ1v) is 10.2. The van der Waals surface area contributed by atoms with E-state index in [0.29, 0.717) is 11.4 Å². The largest absolute Gasteiger partial charge is 0.481 e. The number of ether oxygens (including phenoxy) is 3. The van der Waals surface area contributed by atoms with Crippen LogP contribution in [0.1, 0.15) is 0 Å². The third kappa shape index (κ3) is 4.14. The van der Waals surface area contributed by atoms with E-state index >= 15 is 0 Å². The number of hydrogen-bond acceptors (Lipinski definition) is 9. The van der Waals surface area contributed by atoms with E-state index in [1.165, 1.54) is 37.8 Å². The molecule has 0 aliphatic rings. The number of halogens is 1. The molecule has 150 valence electrons. The fourth-order valence-corrected chi connectivity index (χ4v) is 3.69. The Labute approximate surface area is 163 Å². The Kier molecular flexibility index (Phi) is 5.94. The first kappa shape index (κ1) is 19.8. The van der Waals surface area contributed by atoms with Crippen molar-refractivity contribution in [3.05, 3.63) is 23.2 Å². The fraction of sp³-hybridized carbons (Fsp3) is 0.267. The molecule has 2 N–H and O–H groups in total. The van der Waals surface area contributed by atoms with Gasteiger partial charge in [-0.1, -0.05) is 0 Å². The third-order valence-corrected chi connectivity index (χ3v) is 5.31. The van der Waals surface area contributed by atoms with E-state index in [0.717, 1.165) is 0 Å². The van der Waals surface area contributed by atoms with Gasteiger partial charge in [0.05, 0.1) is 31.1 Å². The zero-order valence-electron chi connectivity index (χ0n) is 14.8. The summed E-state index contributed by atoms with van der Waals surface area (Å²) in [4.78, 5) is 14.8. The van der Waals surface area contributed by atoms with Gasteiger partial charge in [-0.25, -0.2) is 22.5 Å². The van der Waals surface area contributed by atoms with Gasteiger partial charge in [-0.3, -0.25) is 0 Å². The standard InChI is InChI=1S/C15H16FN5O5S2/c1-24-13-12(26-4-3-16)14(25-2)20-15(19-13)21-28(22,23)9-5-10(17-6-9)11-7-27-8-18-11/h5-8,17H,3-4H2,1-2H3,(H,19,20,21). The monoisotopic (exact) mass is 429 g/mol. The lowest BCUT2D eigenvalue weighted by Gasteiger charge is -2.13. The van der Waals surface area contributed by atoms with Crippen molar-refractivity contribution >= 4 is 27.3 Å². The molecule has 0 aromatic carbocycles. The molecule has 0 bridgehead atoms. The predicted octanol–water partition coefficient (Wildman–Crippen LogP) is 2.09. The summed E-state index contributed by atoms with van der Waals surface area (Å²) in [6, 6.07) is 1.44. The van der Waals surface area contributed by atoms with Crippen LogP contribution in [0.25, 0.3) is 11.4 Å². The summed E-state index contributed by atoms with van der Waals surface area (Å²) in [6.07, 6.45) is 1.32. The molecule has 3 aromatic heterocycles. The third-order valence-electron chi connectivity index (χ3n) is 3.41. The van der Waals surface area contributed by atoms with Crippen LogP contribution in [-0.2, 0) is 10.0 Å². The molecule has 0 amide bonds. The lowest BCUT2D eigenvalue weighted by atomic mass is 10.3. The summed E-state index contributed by atoms with van der Waals surface area (Å²) in [5, 5.41) is 1.78. The van der Waals surface area contributed by atoms with Crippen LogP contribution in [0.4, 0.5) is 10.3 Å². The van der Waals surface area contributed by atoms with Gasteiger partial charge in [0.25, 0.3) is 21.8 Å². The van der Waals surface area contributed by atoms with Gasteiger partial charge in [-0.05, 0) is 6.07 Å². The van der Waals surface area contributed by atoms with Gasteiger partial charge in [0.1, 0.15) is 18.2 Å². The maximum atomic E-state index is 12.6. The lowest BCUT2D eigenvalue weighted by molar-refractivity contribution is 0.240. The topological polar surface area (TPSA) is 128 Å². The predicted molar refractivity (Wildman–Crippen MR) is 99.3 cm³/mol. The molecule has 3 heterocycles. The van der Waals surface area contributed by atoms with Crippen LogP contribution in [0.5, 0.6) is 17.5 Å². The molecule has 0 aliphatic carbocycles. The lowest BCUT2D eigenvalue weighted by Crippen LogP contribution is -2.16. The number of anilines is 1. The highest BCUT2D eigenvalue weighted by Crippen LogP contribution is 2.35. The number of methoxy groups -OCH3 is 2. The highest BCUT2D eigenvalue weighted by Gasteiger charge is 2.23. The first-order chi connectivity index (χ1) is 13.5. The van der Waals surface area contributed by atoms with E-state index in [1.807, 2.05) is 0 Å². The summed E-state index contributed by atoms with van der Waals surface area (Å²) in [6.45, 7) is -1.00. The number of nitrogens with one attached hydrogen (secondary N) is 2. The Balaban J connectivity index is 1.89. The van der Waals surface area contributed by atoms with E-state index in [-0.39, 0.29) is 35.0 Å². The second-order valence-electron chi connectivity index (χ2n) is 5.16. The molecule has 0 atom stereocenters. The molecule has 10 nitrogen and oxygen atoms in total. The van der Waals surface area contributed by atoms with Gasteiger partial charge < -0.3 is 19.2 Å². The molecule has 0 aliphatic heterocycles. The van der Waals surface area contributed by atoms with Crippen molar-refractivity contribution in [1.29, 1.82) is 0 Å². The Bertz CT molecular complexity index is 1010. The van der Waals surface area contributed by atoms with Crippen LogP contribution in [0.2, 0.25) is 0 Å². The number of sulfonamides is 1. The molecule has 3 rings (SSSR count). The molecular formula is C15H16FN5O5S2. The van der Waals surface area contributed by atoms with Crippen molar-refractivity contribution in [1.82, 2.24) is 19.9 Å². The molecule has 13 heteroatoms. The number of alkyl halides is 1. The van der Waals surface area contributed by atoms with Gasteiger partial charge in [0, 0.05) is 11.6 Å². The van der Waals surface area contributed by atoms with E-state index in [1.54, 1.807) is 10.9 Å². The van der Waals surface area contributed by atoms with Gasteiger partial charge >= 0.3 is 0 Å². The smallest absolute Gasteiger partial charge is 0.265 e. The number of thiazole rings is 1. The maximum Gasteiger partial charge on any atom is 0.265 e. The summed E-state index contributed by atoms with van der Waals surface area (Å²) in [5.41, 5.74) is 2.81. The molecule has 0 saturated heterocycles. The van der Waals surface area contributed by atoms with E-state index in [4.69, 9.17) is 14.2 Å². The normalized spacial score (nSPS) is 11.2. The van der Waals surface area contributed by atoms with E-state index in [9.17, 15) is 12.8 Å². The van der Waals surface area contributed by atoms with Crippen LogP contribution >= 0.6 is 11.3 Å². The van der Waals surface area contributed by atoms with Crippen LogP contribution in [0.15, 0.2) is 28.0 Å². The van der Waals surface area contributed by atoms with Gasteiger partial charge in [-0.15, -0.1) is 11.3 Å². The molecule has 28 heavy (non-hydrogen) atoms. The number of hydrogen-bond donors (Lipinski definition) is 2. The Morgan fingerprint density at radius 2 is 1.96 bits per heavy atom. The van der Waals surface area contributed by atoms with Crippen molar-refractivity contribution in [3.8, 4) is 28.9 Å². The molecule has 0 spiro atoms. The zero-order valence-corrected chi connectivity index (χ0v) is 16.4. The summed E-state index contributed by atoms with van der Waals surface area (Å²) >= 11 is 1.39. The molecule has 0 fully saturated rings. The van der Waals surface area contributed by atoms with Gasteiger partial charge in [0.2, 0.25) is 11.7 Å². The molecule has 3 aromatic rings. The number of aromatic nitrogens is 4. The first-order valence-electron chi connectivity index (χ1n) is 7.77. The van der Waals surface area contributed by atoms with Crippen molar-refractivity contribution in [2.75, 3.05) is 32.2 Å². The Hall–Kier alpha value is -2.93. The molecule has 0 radical (unpaired) electrons. The minimum absolute atomic E-state index is 0.0296. The van der Waals surface area contributed by atoms with E-state index < -0.39 is 16.7 Å². The average molecular weight is 429 g/mol. The molecule has 0 saturated carbocycles.